The van der Waals surface area contributed by atoms with Crippen LogP contribution >= 0.6 is 0 Å². The van der Waals surface area contributed by atoms with E-state index in [0.717, 1.165) is 5.69 Å². The van der Waals surface area contributed by atoms with Crippen molar-refractivity contribution in [3.63, 3.8) is 0 Å². The van der Waals surface area contributed by atoms with E-state index in [1.165, 1.54) is 6.33 Å². The third-order valence-corrected chi connectivity index (χ3v) is 4.06. The molecule has 108 valence electrons. The van der Waals surface area contributed by atoms with Gasteiger partial charge in [0.25, 0.3) is 0 Å². The predicted octanol–water partition coefficient (Wildman–Crippen LogP) is 0.882. The molecule has 2 amide bonds. The molecule has 2 rings (SSSR count). The third-order valence-electron chi connectivity index (χ3n) is 4.06. The normalized spacial score (nSPS) is 21.8. The summed E-state index contributed by atoms with van der Waals surface area (Å²) >= 11 is 0. The van der Waals surface area contributed by atoms with Gasteiger partial charge in [0.1, 0.15) is 17.9 Å². The smallest absolute Gasteiger partial charge is 0.249 e. The number of rotatable bonds is 4. The Morgan fingerprint density at radius 1 is 1.35 bits per heavy atom. The van der Waals surface area contributed by atoms with Crippen molar-refractivity contribution in [1.82, 2.24) is 20.2 Å². The standard InChI is InChI=1S/C14H20N4O2/c1-4-14(5-2)13(20)18(10(3)12(19)17-14)8-11-6-7-15-9-16-11/h6-7,9-10H,4-5,8H2,1-3H3,(H,17,19). The van der Waals surface area contributed by atoms with Crippen LogP contribution in [0.1, 0.15) is 39.3 Å². The Morgan fingerprint density at radius 2 is 2.05 bits per heavy atom. The van der Waals surface area contributed by atoms with E-state index in [2.05, 4.69) is 15.3 Å². The Labute approximate surface area is 118 Å². The molecular formula is C14H20N4O2. The summed E-state index contributed by atoms with van der Waals surface area (Å²) in [5.74, 6) is -0.143. The fourth-order valence-electron chi connectivity index (χ4n) is 2.51. The van der Waals surface area contributed by atoms with E-state index in [-0.39, 0.29) is 11.8 Å². The molecule has 1 saturated heterocycles. The van der Waals surface area contributed by atoms with E-state index >= 15 is 0 Å². The van der Waals surface area contributed by atoms with Crippen molar-refractivity contribution in [1.29, 1.82) is 0 Å². The van der Waals surface area contributed by atoms with Gasteiger partial charge in [0.05, 0.1) is 12.2 Å². The Balaban J connectivity index is 2.29. The number of aromatic nitrogens is 2. The molecule has 1 aliphatic heterocycles. The van der Waals surface area contributed by atoms with Gasteiger partial charge < -0.3 is 10.2 Å². The molecule has 0 radical (unpaired) electrons. The Bertz CT molecular complexity index is 499. The second kappa shape index (κ2) is 5.56. The van der Waals surface area contributed by atoms with E-state index in [4.69, 9.17) is 0 Å². The molecule has 6 nitrogen and oxygen atoms in total. The number of nitrogens with zero attached hydrogens (tertiary/aromatic N) is 3. The van der Waals surface area contributed by atoms with Gasteiger partial charge in [-0.05, 0) is 25.8 Å². The lowest BCUT2D eigenvalue weighted by Crippen LogP contribution is -2.69. The number of hydrogen-bond donors (Lipinski definition) is 1. The highest BCUT2D eigenvalue weighted by molar-refractivity contribution is 5.99. The van der Waals surface area contributed by atoms with Crippen molar-refractivity contribution >= 4 is 11.8 Å². The summed E-state index contributed by atoms with van der Waals surface area (Å²) in [6.45, 7) is 5.91. The highest BCUT2D eigenvalue weighted by atomic mass is 16.2. The first-order chi connectivity index (χ1) is 9.54. The van der Waals surface area contributed by atoms with Gasteiger partial charge in [-0.3, -0.25) is 9.59 Å². The van der Waals surface area contributed by atoms with Crippen molar-refractivity contribution in [2.24, 2.45) is 0 Å². The van der Waals surface area contributed by atoms with Gasteiger partial charge in [-0.15, -0.1) is 0 Å². The first-order valence-electron chi connectivity index (χ1n) is 6.92. The maximum absolute atomic E-state index is 12.7. The second-order valence-corrected chi connectivity index (χ2v) is 5.09. The lowest BCUT2D eigenvalue weighted by Gasteiger charge is -2.44. The number of piperazine rings is 1. The Morgan fingerprint density at radius 3 is 2.60 bits per heavy atom. The number of carbonyl (C=O) groups is 2. The quantitative estimate of drug-likeness (QED) is 0.886. The van der Waals surface area contributed by atoms with E-state index in [1.807, 2.05) is 13.8 Å². The zero-order valence-corrected chi connectivity index (χ0v) is 12.1. The Hall–Kier alpha value is -1.98. The van der Waals surface area contributed by atoms with Crippen LogP contribution in [0.25, 0.3) is 0 Å². The minimum atomic E-state index is -0.781. The molecule has 1 atom stereocenters. The van der Waals surface area contributed by atoms with Gasteiger partial charge in [-0.2, -0.15) is 0 Å². The molecule has 0 aliphatic carbocycles. The molecule has 1 aliphatic rings. The van der Waals surface area contributed by atoms with Crippen molar-refractivity contribution in [2.75, 3.05) is 0 Å². The molecule has 1 N–H and O–H groups in total. The average Bonchev–Trinajstić information content (AvgIpc) is 2.48. The summed E-state index contributed by atoms with van der Waals surface area (Å²) in [5.41, 5.74) is -0.0487. The van der Waals surface area contributed by atoms with Gasteiger partial charge in [0.15, 0.2) is 0 Å². The van der Waals surface area contributed by atoms with Crippen molar-refractivity contribution in [3.05, 3.63) is 24.3 Å². The van der Waals surface area contributed by atoms with Crippen LogP contribution in [-0.2, 0) is 16.1 Å². The summed E-state index contributed by atoms with van der Waals surface area (Å²) in [4.78, 5) is 34.5. The first-order valence-corrected chi connectivity index (χ1v) is 6.92. The maximum Gasteiger partial charge on any atom is 0.249 e. The monoisotopic (exact) mass is 276 g/mol. The van der Waals surface area contributed by atoms with Crippen LogP contribution in [0, 0.1) is 0 Å². The lowest BCUT2D eigenvalue weighted by molar-refractivity contribution is -0.155. The molecule has 2 heterocycles. The SMILES string of the molecule is CCC1(CC)NC(=O)C(C)N(Cc2ccncn2)C1=O. The molecule has 1 aromatic rings. The van der Waals surface area contributed by atoms with Crippen LogP contribution in [0.15, 0.2) is 18.6 Å². The molecular weight excluding hydrogens is 256 g/mol. The number of hydrogen-bond acceptors (Lipinski definition) is 4. The van der Waals surface area contributed by atoms with E-state index in [0.29, 0.717) is 19.4 Å². The van der Waals surface area contributed by atoms with Crippen molar-refractivity contribution in [3.8, 4) is 0 Å². The van der Waals surface area contributed by atoms with E-state index in [1.54, 1.807) is 24.1 Å². The van der Waals surface area contributed by atoms with Gasteiger partial charge in [0, 0.05) is 6.20 Å². The molecule has 1 fully saturated rings. The minimum absolute atomic E-state index is 0.0341. The molecule has 1 aromatic heterocycles. The number of amides is 2. The highest BCUT2D eigenvalue weighted by Gasteiger charge is 2.47. The first kappa shape index (κ1) is 14.4. The fourth-order valence-corrected chi connectivity index (χ4v) is 2.51. The largest absolute Gasteiger partial charge is 0.340 e. The molecule has 0 spiro atoms. The van der Waals surface area contributed by atoms with Crippen LogP contribution in [0.4, 0.5) is 0 Å². The molecule has 0 bridgehead atoms. The van der Waals surface area contributed by atoms with Gasteiger partial charge in [-0.25, -0.2) is 9.97 Å². The second-order valence-electron chi connectivity index (χ2n) is 5.09. The van der Waals surface area contributed by atoms with Crippen LogP contribution in [-0.4, -0.2) is 38.3 Å². The third kappa shape index (κ3) is 2.37. The van der Waals surface area contributed by atoms with E-state index in [9.17, 15) is 9.59 Å². The minimum Gasteiger partial charge on any atom is -0.340 e. The number of nitrogens with one attached hydrogen (secondary N) is 1. The van der Waals surface area contributed by atoms with E-state index < -0.39 is 11.6 Å². The van der Waals surface area contributed by atoms with Crippen LogP contribution in [0.3, 0.4) is 0 Å². The topological polar surface area (TPSA) is 75.2 Å². The summed E-state index contributed by atoms with van der Waals surface area (Å²) in [6, 6.07) is 1.27. The lowest BCUT2D eigenvalue weighted by atomic mass is 9.87. The fraction of sp³-hybridized carbons (Fsp3) is 0.571. The summed E-state index contributed by atoms with van der Waals surface area (Å²) < 4.78 is 0. The molecule has 0 saturated carbocycles. The Kier molecular flexibility index (Phi) is 4.01. The summed E-state index contributed by atoms with van der Waals surface area (Å²) in [5, 5.41) is 2.88. The molecule has 1 unspecified atom stereocenters. The maximum atomic E-state index is 12.7. The molecule has 20 heavy (non-hydrogen) atoms. The highest BCUT2D eigenvalue weighted by Crippen LogP contribution is 2.25. The molecule has 0 aromatic carbocycles. The van der Waals surface area contributed by atoms with Crippen LogP contribution in [0.5, 0.6) is 0 Å². The number of carbonyl (C=O) groups excluding carboxylic acids is 2. The average molecular weight is 276 g/mol. The zero-order valence-electron chi connectivity index (χ0n) is 12.1. The molecule has 6 heteroatoms. The predicted molar refractivity (Wildman–Crippen MR) is 73.5 cm³/mol. The van der Waals surface area contributed by atoms with Crippen molar-refractivity contribution in [2.45, 2.75) is 51.7 Å². The zero-order chi connectivity index (χ0) is 14.8. The van der Waals surface area contributed by atoms with Crippen LogP contribution < -0.4 is 5.32 Å². The summed E-state index contributed by atoms with van der Waals surface area (Å²) in [7, 11) is 0. The van der Waals surface area contributed by atoms with Crippen molar-refractivity contribution < 1.29 is 9.59 Å². The van der Waals surface area contributed by atoms with Gasteiger partial charge in [-0.1, -0.05) is 13.8 Å². The van der Waals surface area contributed by atoms with Gasteiger partial charge >= 0.3 is 0 Å². The van der Waals surface area contributed by atoms with Gasteiger partial charge in [0.2, 0.25) is 11.8 Å². The summed E-state index contributed by atoms with van der Waals surface area (Å²) in [6.07, 6.45) is 4.25. The van der Waals surface area contributed by atoms with Crippen LogP contribution in [0.2, 0.25) is 0 Å².